The minimum Gasteiger partial charge on any atom is -0.550 e. The number of unbranched alkanes of at least 4 members (excludes halogenated alkanes) is 18. The molecule has 2 rings (SSSR count). The second-order valence-corrected chi connectivity index (χ2v) is 17.7. The number of carbonyl (C=O) groups is 4. The molecule has 65 heavy (non-hydrogen) atoms. The predicted molar refractivity (Wildman–Crippen MR) is 258 cm³/mol. The molecule has 0 spiro atoms. The Labute approximate surface area is 434 Å². The van der Waals surface area contributed by atoms with Gasteiger partial charge < -0.3 is 38.7 Å². The molecular formula is C54H86BaO10. The van der Waals surface area contributed by atoms with Crippen LogP contribution in [-0.2, 0) is 51.3 Å². The molecule has 0 amide bonds. The first-order valence-corrected chi connectivity index (χ1v) is 25.0. The van der Waals surface area contributed by atoms with Gasteiger partial charge in [-0.3, -0.25) is 9.59 Å². The van der Waals surface area contributed by atoms with Crippen molar-refractivity contribution in [3.63, 3.8) is 0 Å². The van der Waals surface area contributed by atoms with Crippen LogP contribution in [0.5, 0.6) is 0 Å². The number of esters is 2. The van der Waals surface area contributed by atoms with Crippen LogP contribution < -0.4 is 10.2 Å². The molecule has 0 radical (unpaired) electrons. The van der Waals surface area contributed by atoms with Crippen LogP contribution in [0.3, 0.4) is 0 Å². The maximum absolute atomic E-state index is 11.5. The minimum atomic E-state index is -0.938. The van der Waals surface area contributed by atoms with Crippen molar-refractivity contribution < 1.29 is 48.3 Å². The molecule has 0 aromatic heterocycles. The zero-order valence-corrected chi connectivity index (χ0v) is 45.5. The van der Waals surface area contributed by atoms with Crippen molar-refractivity contribution in [1.29, 1.82) is 0 Å². The van der Waals surface area contributed by atoms with Crippen molar-refractivity contribution in [2.75, 3.05) is 0 Å². The largest absolute Gasteiger partial charge is 2.00 e. The summed E-state index contributed by atoms with van der Waals surface area (Å²) in [6.45, 7) is 8.36. The van der Waals surface area contributed by atoms with Crippen molar-refractivity contribution in [3.8, 4) is 0 Å². The van der Waals surface area contributed by atoms with E-state index < -0.39 is 11.9 Å². The molecule has 0 saturated heterocycles. The van der Waals surface area contributed by atoms with E-state index in [0.717, 1.165) is 89.9 Å². The van der Waals surface area contributed by atoms with Crippen LogP contribution in [-0.4, -0.2) is 97.2 Å². The van der Waals surface area contributed by atoms with Gasteiger partial charge in [0.1, 0.15) is 12.2 Å². The molecule has 0 bridgehead atoms. The maximum atomic E-state index is 11.5. The molecule has 4 unspecified atom stereocenters. The standard InChI is InChI=1S/2C27H44O5.Ba/c2*1-23(31-22-25-16-12-11-13-17-25)20-21-26(32-24(2)28)18-14-9-7-5-3-4-6-8-10-15-19-27(29)30;/h2*11-13,16-17,23,26H,3-10,14-15,18-22H2,1-2H3,(H,29,30);/q;;+2/p-2. The third kappa shape index (κ3) is 42.9. The number of carboxylic acid groups (broad SMARTS) is 2. The van der Waals surface area contributed by atoms with Gasteiger partial charge in [0, 0.05) is 25.8 Å². The van der Waals surface area contributed by atoms with Crippen LogP contribution >= 0.6 is 0 Å². The number of aliphatic carboxylic acids is 2. The Hall–Kier alpha value is -2.19. The summed E-state index contributed by atoms with van der Waals surface area (Å²) < 4.78 is 22.9. The van der Waals surface area contributed by atoms with Crippen LogP contribution in [0.4, 0.5) is 0 Å². The topological polar surface area (TPSA) is 151 Å². The van der Waals surface area contributed by atoms with Gasteiger partial charge >= 0.3 is 60.8 Å². The van der Waals surface area contributed by atoms with Crippen LogP contribution in [0.25, 0.3) is 0 Å². The quantitative estimate of drug-likeness (QED) is 0.0358. The van der Waals surface area contributed by atoms with Crippen molar-refractivity contribution in [2.45, 2.75) is 245 Å². The number of carboxylic acids is 2. The average Bonchev–Trinajstić information content (AvgIpc) is 3.26. The van der Waals surface area contributed by atoms with E-state index in [1.54, 1.807) is 0 Å². The first-order chi connectivity index (χ1) is 30.9. The van der Waals surface area contributed by atoms with E-state index in [4.69, 9.17) is 18.9 Å². The van der Waals surface area contributed by atoms with E-state index in [1.165, 1.54) is 102 Å². The monoisotopic (exact) mass is 1030 g/mol. The predicted octanol–water partition coefficient (Wildman–Crippen LogP) is 11.1. The molecule has 2 aromatic rings. The summed E-state index contributed by atoms with van der Waals surface area (Å²) in [6.07, 6.45) is 28.3. The molecule has 0 aliphatic heterocycles. The normalized spacial score (nSPS) is 12.7. The number of benzene rings is 2. The molecule has 0 heterocycles. The Morgan fingerprint density at radius 1 is 0.415 bits per heavy atom. The average molecular weight is 1030 g/mol. The van der Waals surface area contributed by atoms with Crippen LogP contribution in [0.2, 0.25) is 0 Å². The molecule has 0 aliphatic carbocycles. The zero-order valence-electron chi connectivity index (χ0n) is 41.1. The van der Waals surface area contributed by atoms with Crippen molar-refractivity contribution in [3.05, 3.63) is 71.8 Å². The Kier molecular flexibility index (Phi) is 42.8. The molecule has 364 valence electrons. The fourth-order valence-corrected chi connectivity index (χ4v) is 7.74. The molecule has 0 aliphatic rings. The first-order valence-electron chi connectivity index (χ1n) is 25.0. The summed E-state index contributed by atoms with van der Waals surface area (Å²) in [5.41, 5.74) is 2.35. The van der Waals surface area contributed by atoms with E-state index in [0.29, 0.717) is 13.2 Å². The summed E-state index contributed by atoms with van der Waals surface area (Å²) in [6, 6.07) is 20.3. The number of carbonyl (C=O) groups excluding carboxylic acids is 4. The Bertz CT molecular complexity index is 1320. The van der Waals surface area contributed by atoms with Gasteiger partial charge in [-0.2, -0.15) is 0 Å². The van der Waals surface area contributed by atoms with Gasteiger partial charge in [0.15, 0.2) is 0 Å². The molecule has 0 fully saturated rings. The molecule has 11 heteroatoms. The smallest absolute Gasteiger partial charge is 0.550 e. The minimum absolute atomic E-state index is 0. The summed E-state index contributed by atoms with van der Waals surface area (Å²) in [7, 11) is 0. The molecule has 0 saturated carbocycles. The van der Waals surface area contributed by atoms with Crippen molar-refractivity contribution in [1.82, 2.24) is 0 Å². The second-order valence-electron chi connectivity index (χ2n) is 17.7. The fourth-order valence-electron chi connectivity index (χ4n) is 7.74. The van der Waals surface area contributed by atoms with Crippen molar-refractivity contribution in [2.24, 2.45) is 0 Å². The fraction of sp³-hybridized carbons (Fsp3) is 0.704. The first kappa shape index (κ1) is 62.8. The second kappa shape index (κ2) is 44.3. The molecule has 2 aromatic carbocycles. The zero-order chi connectivity index (χ0) is 46.9. The molecule has 0 N–H and O–H groups in total. The SMILES string of the molecule is CC(=O)OC(CCCCCCCCCCCCC(=O)[O-])CCC(C)OCc1ccccc1.CC(=O)OC(CCCCCCCCCCCCC(=O)[O-])CCC(C)OCc1ccccc1.[Ba+2]. The van der Waals surface area contributed by atoms with Gasteiger partial charge in [-0.25, -0.2) is 0 Å². The van der Waals surface area contributed by atoms with E-state index in [1.807, 2.05) is 36.4 Å². The summed E-state index contributed by atoms with van der Waals surface area (Å²) in [5.74, 6) is -2.28. The third-order valence-electron chi connectivity index (χ3n) is 11.5. The van der Waals surface area contributed by atoms with Crippen LogP contribution in [0.15, 0.2) is 60.7 Å². The van der Waals surface area contributed by atoms with E-state index in [9.17, 15) is 29.4 Å². The number of hydrogen-bond donors (Lipinski definition) is 0. The van der Waals surface area contributed by atoms with E-state index >= 15 is 0 Å². The molecular weight excluding hydrogens is 946 g/mol. The Morgan fingerprint density at radius 3 is 0.969 bits per heavy atom. The van der Waals surface area contributed by atoms with Gasteiger partial charge in [-0.1, -0.05) is 163 Å². The Balaban J connectivity index is 0.00000124. The Morgan fingerprint density at radius 2 is 0.692 bits per heavy atom. The van der Waals surface area contributed by atoms with Crippen molar-refractivity contribution >= 4 is 72.8 Å². The van der Waals surface area contributed by atoms with Gasteiger partial charge in [0.25, 0.3) is 0 Å². The molecule has 10 nitrogen and oxygen atoms in total. The number of ether oxygens (including phenoxy) is 4. The van der Waals surface area contributed by atoms with E-state index in [2.05, 4.69) is 38.1 Å². The number of hydrogen-bond acceptors (Lipinski definition) is 10. The number of rotatable bonds is 40. The van der Waals surface area contributed by atoms with E-state index in [-0.39, 0.29) is 98.1 Å². The van der Waals surface area contributed by atoms with Gasteiger partial charge in [0.2, 0.25) is 0 Å². The molecule has 4 atom stereocenters. The van der Waals surface area contributed by atoms with Crippen LogP contribution in [0.1, 0.15) is 219 Å². The summed E-state index contributed by atoms with van der Waals surface area (Å²) in [4.78, 5) is 43.6. The van der Waals surface area contributed by atoms with Gasteiger partial charge in [0.05, 0.1) is 25.4 Å². The summed E-state index contributed by atoms with van der Waals surface area (Å²) >= 11 is 0. The third-order valence-corrected chi connectivity index (χ3v) is 11.5. The summed E-state index contributed by atoms with van der Waals surface area (Å²) in [5, 5.41) is 20.7. The maximum Gasteiger partial charge on any atom is 2.00 e. The van der Waals surface area contributed by atoms with Crippen LogP contribution in [0, 0.1) is 0 Å². The van der Waals surface area contributed by atoms with Gasteiger partial charge in [-0.05, 0) is 102 Å². The van der Waals surface area contributed by atoms with Gasteiger partial charge in [-0.15, -0.1) is 0 Å².